The number of hydrogen-bond acceptors (Lipinski definition) is 3. The van der Waals surface area contributed by atoms with Crippen LogP contribution in [0.1, 0.15) is 50.0 Å². The van der Waals surface area contributed by atoms with Crippen LogP contribution in [0.5, 0.6) is 5.75 Å². The lowest BCUT2D eigenvalue weighted by molar-refractivity contribution is 0.101. The monoisotopic (exact) mass is 266 g/mol. The van der Waals surface area contributed by atoms with E-state index in [1.54, 1.807) is 6.92 Å². The summed E-state index contributed by atoms with van der Waals surface area (Å²) < 4.78 is 5.61. The number of hydrogen-bond donors (Lipinski definition) is 0. The average molecular weight is 266 g/mol. The van der Waals surface area contributed by atoms with E-state index in [0.29, 0.717) is 11.9 Å². The Morgan fingerprint density at radius 3 is 2.67 bits per heavy atom. The highest BCUT2D eigenvalue weighted by Gasteiger charge is 2.09. The Hall–Kier alpha value is -0.960. The van der Waals surface area contributed by atoms with E-state index in [9.17, 15) is 4.79 Å². The van der Waals surface area contributed by atoms with Crippen molar-refractivity contribution in [3.63, 3.8) is 0 Å². The maximum atomic E-state index is 11.4. The van der Waals surface area contributed by atoms with Gasteiger partial charge in [-0.3, -0.25) is 4.79 Å². The summed E-state index contributed by atoms with van der Waals surface area (Å²) in [5.74, 6) is 1.90. The third kappa shape index (κ3) is 4.37. The van der Waals surface area contributed by atoms with Crippen molar-refractivity contribution in [2.45, 2.75) is 45.1 Å². The van der Waals surface area contributed by atoms with Crippen molar-refractivity contribution in [2.24, 2.45) is 0 Å². The molecule has 18 heavy (non-hydrogen) atoms. The van der Waals surface area contributed by atoms with Crippen LogP contribution in [0.4, 0.5) is 0 Å². The normalized spacial score (nSPS) is 12.2. The minimum atomic E-state index is 0.104. The largest absolute Gasteiger partial charge is 0.494 e. The molecule has 2 nitrogen and oxygen atoms in total. The SMILES string of the molecule is CCOc1ccc(C(C)=O)cc1CSC(C)CC. The van der Waals surface area contributed by atoms with Crippen LogP contribution < -0.4 is 4.74 Å². The Morgan fingerprint density at radius 1 is 1.39 bits per heavy atom. The smallest absolute Gasteiger partial charge is 0.159 e. The van der Waals surface area contributed by atoms with Crippen LogP contribution in [0, 0.1) is 0 Å². The first-order valence-electron chi connectivity index (χ1n) is 6.46. The summed E-state index contributed by atoms with van der Waals surface area (Å²) >= 11 is 1.90. The fraction of sp³-hybridized carbons (Fsp3) is 0.533. The van der Waals surface area contributed by atoms with Gasteiger partial charge in [0.25, 0.3) is 0 Å². The Morgan fingerprint density at radius 2 is 2.11 bits per heavy atom. The molecule has 1 aromatic carbocycles. The van der Waals surface area contributed by atoms with Gasteiger partial charge in [0.05, 0.1) is 6.61 Å². The molecule has 3 heteroatoms. The minimum Gasteiger partial charge on any atom is -0.494 e. The van der Waals surface area contributed by atoms with Gasteiger partial charge in [-0.05, 0) is 38.5 Å². The van der Waals surface area contributed by atoms with E-state index >= 15 is 0 Å². The molecule has 0 saturated heterocycles. The molecule has 0 fully saturated rings. The quantitative estimate of drug-likeness (QED) is 0.687. The molecule has 0 radical (unpaired) electrons. The molecule has 0 aliphatic heterocycles. The summed E-state index contributed by atoms with van der Waals surface area (Å²) in [6.45, 7) is 8.64. The molecule has 0 bridgehead atoms. The predicted octanol–water partition coefficient (Wildman–Crippen LogP) is 4.32. The van der Waals surface area contributed by atoms with E-state index in [4.69, 9.17) is 4.74 Å². The second-order valence-electron chi connectivity index (χ2n) is 4.34. The fourth-order valence-electron chi connectivity index (χ4n) is 1.56. The molecule has 1 rings (SSSR count). The molecule has 100 valence electrons. The lowest BCUT2D eigenvalue weighted by Crippen LogP contribution is -2.01. The lowest BCUT2D eigenvalue weighted by atomic mass is 10.1. The first-order valence-corrected chi connectivity index (χ1v) is 7.51. The van der Waals surface area contributed by atoms with Gasteiger partial charge in [0.1, 0.15) is 5.75 Å². The van der Waals surface area contributed by atoms with Gasteiger partial charge in [0, 0.05) is 22.1 Å². The van der Waals surface area contributed by atoms with Gasteiger partial charge < -0.3 is 4.74 Å². The lowest BCUT2D eigenvalue weighted by Gasteiger charge is -2.13. The molecule has 0 spiro atoms. The second-order valence-corrected chi connectivity index (χ2v) is 5.77. The zero-order valence-electron chi connectivity index (χ0n) is 11.7. The summed E-state index contributed by atoms with van der Waals surface area (Å²) in [7, 11) is 0. The van der Waals surface area contributed by atoms with Gasteiger partial charge in [0.2, 0.25) is 0 Å². The number of ketones is 1. The molecule has 1 atom stereocenters. The van der Waals surface area contributed by atoms with Crippen molar-refractivity contribution in [1.29, 1.82) is 0 Å². The maximum absolute atomic E-state index is 11.4. The van der Waals surface area contributed by atoms with Crippen LogP contribution >= 0.6 is 11.8 Å². The summed E-state index contributed by atoms with van der Waals surface area (Å²) in [6, 6.07) is 5.71. The first kappa shape index (κ1) is 15.1. The van der Waals surface area contributed by atoms with E-state index in [-0.39, 0.29) is 5.78 Å². The van der Waals surface area contributed by atoms with Crippen LogP contribution in [0.2, 0.25) is 0 Å². The molecular formula is C15H22O2S. The fourth-order valence-corrected chi connectivity index (χ4v) is 2.48. The van der Waals surface area contributed by atoms with Crippen molar-refractivity contribution >= 4 is 17.5 Å². The average Bonchev–Trinajstić information content (AvgIpc) is 2.37. The third-order valence-electron chi connectivity index (χ3n) is 2.87. The molecule has 0 aromatic heterocycles. The van der Waals surface area contributed by atoms with Crippen LogP contribution in [0.25, 0.3) is 0 Å². The van der Waals surface area contributed by atoms with Crippen molar-refractivity contribution in [1.82, 2.24) is 0 Å². The predicted molar refractivity (Wildman–Crippen MR) is 78.7 cm³/mol. The van der Waals surface area contributed by atoms with Gasteiger partial charge in [-0.15, -0.1) is 0 Å². The molecule has 0 N–H and O–H groups in total. The highest BCUT2D eigenvalue weighted by molar-refractivity contribution is 7.99. The van der Waals surface area contributed by atoms with Gasteiger partial charge in [0.15, 0.2) is 5.78 Å². The van der Waals surface area contributed by atoms with Crippen molar-refractivity contribution in [3.05, 3.63) is 29.3 Å². The number of benzene rings is 1. The van der Waals surface area contributed by atoms with Crippen molar-refractivity contribution < 1.29 is 9.53 Å². The van der Waals surface area contributed by atoms with E-state index < -0.39 is 0 Å². The summed E-state index contributed by atoms with van der Waals surface area (Å²) in [5.41, 5.74) is 1.88. The van der Waals surface area contributed by atoms with E-state index in [0.717, 1.165) is 29.1 Å². The molecule has 0 amide bonds. The Bertz CT molecular complexity index is 401. The number of carbonyl (C=O) groups excluding carboxylic acids is 1. The van der Waals surface area contributed by atoms with Crippen LogP contribution in [-0.2, 0) is 5.75 Å². The number of ether oxygens (including phenoxy) is 1. The molecule has 0 heterocycles. The summed E-state index contributed by atoms with van der Waals surface area (Å²) in [6.07, 6.45) is 1.15. The van der Waals surface area contributed by atoms with Gasteiger partial charge in [-0.2, -0.15) is 11.8 Å². The Kier molecular flexibility index (Phi) is 6.27. The standard InChI is InChI=1S/C15H22O2S/c1-5-11(3)18-10-14-9-13(12(4)16)7-8-15(14)17-6-2/h7-9,11H,5-6,10H2,1-4H3. The molecular weight excluding hydrogens is 244 g/mol. The van der Waals surface area contributed by atoms with Crippen LogP contribution in [0.3, 0.4) is 0 Å². The van der Waals surface area contributed by atoms with Crippen LogP contribution in [-0.4, -0.2) is 17.6 Å². The number of rotatable bonds is 7. The third-order valence-corrected chi connectivity index (χ3v) is 4.25. The number of carbonyl (C=O) groups is 1. The molecule has 0 aliphatic rings. The molecule has 0 saturated carbocycles. The maximum Gasteiger partial charge on any atom is 0.159 e. The van der Waals surface area contributed by atoms with E-state index in [1.165, 1.54) is 0 Å². The Labute approximate surface area is 114 Å². The molecule has 1 unspecified atom stereocenters. The highest BCUT2D eigenvalue weighted by atomic mass is 32.2. The van der Waals surface area contributed by atoms with Gasteiger partial charge in [-0.25, -0.2) is 0 Å². The van der Waals surface area contributed by atoms with Gasteiger partial charge in [-0.1, -0.05) is 13.8 Å². The van der Waals surface area contributed by atoms with E-state index in [2.05, 4.69) is 13.8 Å². The zero-order chi connectivity index (χ0) is 13.5. The topological polar surface area (TPSA) is 26.3 Å². The van der Waals surface area contributed by atoms with E-state index in [1.807, 2.05) is 36.9 Å². The molecule has 1 aromatic rings. The first-order chi connectivity index (χ1) is 8.58. The van der Waals surface area contributed by atoms with Gasteiger partial charge >= 0.3 is 0 Å². The highest BCUT2D eigenvalue weighted by Crippen LogP contribution is 2.27. The number of Topliss-reactive ketones (excluding diaryl/α,β-unsaturated/α-hetero) is 1. The zero-order valence-corrected chi connectivity index (χ0v) is 12.5. The second kappa shape index (κ2) is 7.47. The Balaban J connectivity index is 2.88. The summed E-state index contributed by atoms with van der Waals surface area (Å²) in [5, 5.41) is 0.625. The van der Waals surface area contributed by atoms with Crippen molar-refractivity contribution in [2.75, 3.05) is 6.61 Å². The minimum absolute atomic E-state index is 0.104. The van der Waals surface area contributed by atoms with Crippen LogP contribution in [0.15, 0.2) is 18.2 Å². The molecule has 0 aliphatic carbocycles. The van der Waals surface area contributed by atoms with Crippen molar-refractivity contribution in [3.8, 4) is 5.75 Å². The number of thioether (sulfide) groups is 1. The summed E-state index contributed by atoms with van der Waals surface area (Å²) in [4.78, 5) is 11.4.